The maximum absolute atomic E-state index is 12.5. The summed E-state index contributed by atoms with van der Waals surface area (Å²) in [6.45, 7) is 4.96. The van der Waals surface area contributed by atoms with Crippen molar-refractivity contribution in [1.82, 2.24) is 5.32 Å². The van der Waals surface area contributed by atoms with E-state index >= 15 is 0 Å². The van der Waals surface area contributed by atoms with Crippen molar-refractivity contribution in [3.05, 3.63) is 12.2 Å². The Balaban J connectivity index is 3.42. The summed E-state index contributed by atoms with van der Waals surface area (Å²) >= 11 is 0. The van der Waals surface area contributed by atoms with Crippen molar-refractivity contribution in [3.8, 4) is 0 Å². The van der Waals surface area contributed by atoms with E-state index in [1.54, 1.807) is 0 Å². The van der Waals surface area contributed by atoms with E-state index in [1.165, 1.54) is 250 Å². The topological polar surface area (TPSA) is 95.9 Å². The zero-order valence-corrected chi connectivity index (χ0v) is 46.1. The van der Waals surface area contributed by atoms with Crippen LogP contribution in [0.4, 0.5) is 0 Å². The predicted molar refractivity (Wildman–Crippen MR) is 297 cm³/mol. The van der Waals surface area contributed by atoms with Crippen LogP contribution in [0.15, 0.2) is 12.2 Å². The Labute approximate surface area is 425 Å². The molecule has 2 unspecified atom stereocenters. The standard InChI is InChI=1S/C62H121NO5/c1-3-5-7-9-11-13-15-17-19-21-22-23-28-32-36-40-44-48-52-56-62(67)68-57-53-49-45-41-37-33-29-25-24-27-31-35-39-43-47-51-55-61(66)63-59(58-64)60(65)54-50-46-42-38-34-30-26-20-18-16-14-12-10-8-6-4-2/h24,27,59-60,64-65H,3-23,25-26,28-58H2,1-2H3,(H,63,66)/b27-24-. The second kappa shape index (κ2) is 58.2. The molecule has 0 aromatic carbocycles. The number of carbonyl (C=O) groups is 2. The number of amides is 1. The van der Waals surface area contributed by atoms with Crippen molar-refractivity contribution >= 4 is 11.9 Å². The minimum absolute atomic E-state index is 0.00280. The molecule has 0 radical (unpaired) electrons. The van der Waals surface area contributed by atoms with Gasteiger partial charge in [-0.2, -0.15) is 0 Å². The smallest absolute Gasteiger partial charge is 0.305 e. The molecule has 0 fully saturated rings. The predicted octanol–water partition coefficient (Wildman–Crippen LogP) is 19.2. The van der Waals surface area contributed by atoms with Gasteiger partial charge in [0.2, 0.25) is 5.91 Å². The quantitative estimate of drug-likeness (QED) is 0.0321. The molecule has 0 rings (SSSR count). The van der Waals surface area contributed by atoms with Crippen LogP contribution in [-0.2, 0) is 14.3 Å². The van der Waals surface area contributed by atoms with Gasteiger partial charge in [-0.15, -0.1) is 0 Å². The van der Waals surface area contributed by atoms with Gasteiger partial charge in [-0.05, 0) is 51.4 Å². The summed E-state index contributed by atoms with van der Waals surface area (Å²) in [5.74, 6) is -0.0464. The van der Waals surface area contributed by atoms with Crippen LogP contribution in [0, 0.1) is 0 Å². The molecular weight excluding hydrogens is 839 g/mol. The molecule has 0 spiro atoms. The van der Waals surface area contributed by atoms with Gasteiger partial charge < -0.3 is 20.3 Å². The first-order chi connectivity index (χ1) is 33.5. The van der Waals surface area contributed by atoms with E-state index in [1.807, 2.05) is 0 Å². The molecule has 0 aromatic rings. The summed E-state index contributed by atoms with van der Waals surface area (Å²) < 4.78 is 5.49. The number of carbonyl (C=O) groups excluding carboxylic acids is 2. The fourth-order valence-corrected chi connectivity index (χ4v) is 9.81. The van der Waals surface area contributed by atoms with Crippen LogP contribution in [-0.4, -0.2) is 47.4 Å². The molecule has 3 N–H and O–H groups in total. The first-order valence-electron chi connectivity index (χ1n) is 30.9. The van der Waals surface area contributed by atoms with E-state index in [0.29, 0.717) is 25.9 Å². The summed E-state index contributed by atoms with van der Waals surface area (Å²) in [5.41, 5.74) is 0. The highest BCUT2D eigenvalue weighted by Crippen LogP contribution is 2.18. The number of hydrogen-bond donors (Lipinski definition) is 3. The minimum atomic E-state index is -0.674. The summed E-state index contributed by atoms with van der Waals surface area (Å²) in [6.07, 6.45) is 69.3. The van der Waals surface area contributed by atoms with Crippen molar-refractivity contribution in [2.75, 3.05) is 13.2 Å². The molecule has 0 heterocycles. The Morgan fingerprint density at radius 3 is 1.04 bits per heavy atom. The SMILES string of the molecule is CCCCCCCCCCCCCCCCCCCCCC(=O)OCCCCCCCCC/C=C\CCCCCCCC(=O)NC(CO)C(O)CCCCCCCCCCCCCCCCCC. The highest BCUT2D eigenvalue weighted by atomic mass is 16.5. The Bertz CT molecular complexity index is 1020. The molecule has 1 amide bonds. The lowest BCUT2D eigenvalue weighted by Gasteiger charge is -2.22. The fourth-order valence-electron chi connectivity index (χ4n) is 9.81. The van der Waals surface area contributed by atoms with Crippen LogP contribution in [0.5, 0.6) is 0 Å². The molecule has 2 atom stereocenters. The second-order valence-electron chi connectivity index (χ2n) is 21.4. The molecule has 68 heavy (non-hydrogen) atoms. The van der Waals surface area contributed by atoms with Gasteiger partial charge in [0.1, 0.15) is 0 Å². The maximum atomic E-state index is 12.5. The first kappa shape index (κ1) is 66.6. The van der Waals surface area contributed by atoms with Crippen molar-refractivity contribution < 1.29 is 24.5 Å². The molecule has 0 aromatic heterocycles. The molecule has 404 valence electrons. The molecule has 0 saturated carbocycles. The normalized spacial score (nSPS) is 12.6. The largest absolute Gasteiger partial charge is 0.466 e. The summed E-state index contributed by atoms with van der Waals surface area (Å²) in [4.78, 5) is 24.6. The Morgan fingerprint density at radius 2 is 0.691 bits per heavy atom. The van der Waals surface area contributed by atoms with Crippen LogP contribution in [0.25, 0.3) is 0 Å². The lowest BCUT2D eigenvalue weighted by atomic mass is 10.0. The van der Waals surface area contributed by atoms with Gasteiger partial charge >= 0.3 is 5.97 Å². The molecule has 0 aliphatic heterocycles. The number of esters is 1. The fraction of sp³-hybridized carbons (Fsp3) is 0.935. The second-order valence-corrected chi connectivity index (χ2v) is 21.4. The van der Waals surface area contributed by atoms with Crippen LogP contribution in [0.3, 0.4) is 0 Å². The van der Waals surface area contributed by atoms with E-state index in [9.17, 15) is 19.8 Å². The summed E-state index contributed by atoms with van der Waals surface area (Å²) in [7, 11) is 0. The Kier molecular flexibility index (Phi) is 57.0. The number of rotatable bonds is 58. The monoisotopic (exact) mass is 960 g/mol. The Hall–Kier alpha value is -1.40. The molecule has 6 nitrogen and oxygen atoms in total. The average Bonchev–Trinajstić information content (AvgIpc) is 3.34. The zero-order chi connectivity index (χ0) is 49.3. The number of hydrogen-bond acceptors (Lipinski definition) is 5. The van der Waals surface area contributed by atoms with Gasteiger partial charge in [0.05, 0.1) is 25.4 Å². The maximum Gasteiger partial charge on any atom is 0.305 e. The lowest BCUT2D eigenvalue weighted by molar-refractivity contribution is -0.143. The average molecular weight is 961 g/mol. The van der Waals surface area contributed by atoms with E-state index in [2.05, 4.69) is 31.3 Å². The summed E-state index contributed by atoms with van der Waals surface area (Å²) in [5, 5.41) is 23.3. The van der Waals surface area contributed by atoms with Gasteiger partial charge in [0.25, 0.3) is 0 Å². The van der Waals surface area contributed by atoms with Crippen molar-refractivity contribution in [2.24, 2.45) is 0 Å². The van der Waals surface area contributed by atoms with Crippen LogP contribution in [0.1, 0.15) is 348 Å². The van der Waals surface area contributed by atoms with Gasteiger partial charge in [0, 0.05) is 12.8 Å². The molecule has 0 bridgehead atoms. The van der Waals surface area contributed by atoms with Gasteiger partial charge in [0.15, 0.2) is 0 Å². The summed E-state index contributed by atoms with van der Waals surface area (Å²) in [6, 6.07) is -0.553. The highest BCUT2D eigenvalue weighted by Gasteiger charge is 2.20. The third-order valence-electron chi connectivity index (χ3n) is 14.6. The number of nitrogens with one attached hydrogen (secondary N) is 1. The van der Waals surface area contributed by atoms with Crippen molar-refractivity contribution in [3.63, 3.8) is 0 Å². The number of aliphatic hydroxyl groups excluding tert-OH is 2. The third kappa shape index (κ3) is 53.9. The van der Waals surface area contributed by atoms with Crippen molar-refractivity contribution in [2.45, 2.75) is 360 Å². The highest BCUT2D eigenvalue weighted by molar-refractivity contribution is 5.76. The minimum Gasteiger partial charge on any atom is -0.466 e. The zero-order valence-electron chi connectivity index (χ0n) is 46.1. The van der Waals surface area contributed by atoms with E-state index in [-0.39, 0.29) is 18.5 Å². The molecular formula is C62H121NO5. The number of aliphatic hydroxyl groups is 2. The van der Waals surface area contributed by atoms with Crippen LogP contribution >= 0.6 is 0 Å². The van der Waals surface area contributed by atoms with Gasteiger partial charge in [-0.25, -0.2) is 0 Å². The lowest BCUT2D eigenvalue weighted by Crippen LogP contribution is -2.45. The Morgan fingerprint density at radius 1 is 0.397 bits per heavy atom. The van der Waals surface area contributed by atoms with Crippen molar-refractivity contribution in [1.29, 1.82) is 0 Å². The van der Waals surface area contributed by atoms with Crippen LogP contribution in [0.2, 0.25) is 0 Å². The van der Waals surface area contributed by atoms with E-state index in [4.69, 9.17) is 4.74 Å². The van der Waals surface area contributed by atoms with E-state index in [0.717, 1.165) is 64.2 Å². The third-order valence-corrected chi connectivity index (χ3v) is 14.6. The number of allylic oxidation sites excluding steroid dienone is 2. The molecule has 6 heteroatoms. The first-order valence-corrected chi connectivity index (χ1v) is 30.9. The van der Waals surface area contributed by atoms with Gasteiger partial charge in [-0.3, -0.25) is 9.59 Å². The molecule has 0 saturated heterocycles. The number of unbranched alkanes of at least 4 members (excludes halogenated alkanes) is 45. The molecule has 0 aliphatic rings. The molecule has 0 aliphatic carbocycles. The number of ether oxygens (including phenoxy) is 1. The van der Waals surface area contributed by atoms with E-state index < -0.39 is 12.1 Å². The van der Waals surface area contributed by atoms with Crippen LogP contribution < -0.4 is 5.32 Å². The van der Waals surface area contributed by atoms with Gasteiger partial charge in [-0.1, -0.05) is 296 Å².